The summed E-state index contributed by atoms with van der Waals surface area (Å²) in [5.41, 5.74) is -0.544. The number of amides is 2. The third kappa shape index (κ3) is 5.75. The van der Waals surface area contributed by atoms with Gasteiger partial charge < -0.3 is 15.7 Å². The monoisotopic (exact) mass is 312 g/mol. The SMILES string of the molecule is Cc1ccc(CC(C)NC(=O)N[C@@H](C(=O)O)C(C)(C)C)s1. The number of carbonyl (C=O) groups excluding carboxylic acids is 1. The molecule has 0 saturated heterocycles. The normalized spacial score (nSPS) is 14.3. The maximum absolute atomic E-state index is 11.9. The second-order valence-electron chi connectivity index (χ2n) is 6.37. The quantitative estimate of drug-likeness (QED) is 0.782. The maximum Gasteiger partial charge on any atom is 0.326 e. The van der Waals surface area contributed by atoms with Gasteiger partial charge in [-0.15, -0.1) is 11.3 Å². The van der Waals surface area contributed by atoms with E-state index in [1.54, 1.807) is 32.1 Å². The highest BCUT2D eigenvalue weighted by molar-refractivity contribution is 7.11. The molecule has 2 atom stereocenters. The number of aryl methyl sites for hydroxylation is 1. The van der Waals surface area contributed by atoms with Crippen LogP contribution in [-0.2, 0) is 11.2 Å². The Morgan fingerprint density at radius 3 is 2.33 bits per heavy atom. The molecule has 0 aromatic carbocycles. The van der Waals surface area contributed by atoms with Gasteiger partial charge in [0, 0.05) is 22.2 Å². The molecule has 0 saturated carbocycles. The summed E-state index contributed by atoms with van der Waals surface area (Å²) in [5.74, 6) is -1.03. The van der Waals surface area contributed by atoms with Crippen LogP contribution in [0.2, 0.25) is 0 Å². The second kappa shape index (κ2) is 6.93. The molecule has 1 heterocycles. The van der Waals surface area contributed by atoms with Crippen molar-refractivity contribution in [3.05, 3.63) is 21.9 Å². The first-order chi connectivity index (χ1) is 9.59. The number of thiophene rings is 1. The van der Waals surface area contributed by atoms with Crippen molar-refractivity contribution in [2.45, 2.75) is 53.1 Å². The zero-order chi connectivity index (χ0) is 16.2. The third-order valence-electron chi connectivity index (χ3n) is 3.07. The maximum atomic E-state index is 11.9. The Kier molecular flexibility index (Phi) is 5.78. The van der Waals surface area contributed by atoms with E-state index in [0.29, 0.717) is 0 Å². The molecule has 21 heavy (non-hydrogen) atoms. The summed E-state index contributed by atoms with van der Waals surface area (Å²) < 4.78 is 0. The van der Waals surface area contributed by atoms with Gasteiger partial charge >= 0.3 is 12.0 Å². The molecule has 0 fully saturated rings. The molecule has 5 nitrogen and oxygen atoms in total. The van der Waals surface area contributed by atoms with Crippen molar-refractivity contribution in [1.29, 1.82) is 0 Å². The number of carboxylic acid groups (broad SMARTS) is 1. The molecule has 2 amide bonds. The fourth-order valence-electron chi connectivity index (χ4n) is 1.99. The minimum Gasteiger partial charge on any atom is -0.480 e. The average Bonchev–Trinajstić information content (AvgIpc) is 2.69. The van der Waals surface area contributed by atoms with Gasteiger partial charge in [-0.2, -0.15) is 0 Å². The first kappa shape index (κ1) is 17.5. The van der Waals surface area contributed by atoms with Crippen molar-refractivity contribution in [3.63, 3.8) is 0 Å². The molecule has 1 unspecified atom stereocenters. The van der Waals surface area contributed by atoms with Gasteiger partial charge in [0.25, 0.3) is 0 Å². The van der Waals surface area contributed by atoms with Crippen LogP contribution in [0.5, 0.6) is 0 Å². The number of carboxylic acids is 1. The summed E-state index contributed by atoms with van der Waals surface area (Å²) in [6.45, 7) is 9.29. The van der Waals surface area contributed by atoms with Crippen LogP contribution in [-0.4, -0.2) is 29.2 Å². The molecule has 0 spiro atoms. The van der Waals surface area contributed by atoms with Crippen LogP contribution in [0.15, 0.2) is 12.1 Å². The van der Waals surface area contributed by atoms with Crippen molar-refractivity contribution in [1.82, 2.24) is 10.6 Å². The number of aliphatic carboxylic acids is 1. The van der Waals surface area contributed by atoms with Crippen molar-refractivity contribution in [2.24, 2.45) is 5.41 Å². The lowest BCUT2D eigenvalue weighted by Gasteiger charge is -2.28. The van der Waals surface area contributed by atoms with Crippen LogP contribution in [0.25, 0.3) is 0 Å². The Morgan fingerprint density at radius 1 is 1.29 bits per heavy atom. The molecule has 0 aliphatic heterocycles. The van der Waals surface area contributed by atoms with Gasteiger partial charge in [0.2, 0.25) is 0 Å². The lowest BCUT2D eigenvalue weighted by Crippen LogP contribution is -2.53. The molecule has 1 aromatic rings. The van der Waals surface area contributed by atoms with Gasteiger partial charge in [-0.25, -0.2) is 9.59 Å². The van der Waals surface area contributed by atoms with Crippen LogP contribution in [0.3, 0.4) is 0 Å². The molecule has 6 heteroatoms. The van der Waals surface area contributed by atoms with Crippen LogP contribution >= 0.6 is 11.3 Å². The van der Waals surface area contributed by atoms with Gasteiger partial charge in [-0.1, -0.05) is 20.8 Å². The van der Waals surface area contributed by atoms with Crippen molar-refractivity contribution in [2.75, 3.05) is 0 Å². The number of rotatable bonds is 5. The van der Waals surface area contributed by atoms with Crippen molar-refractivity contribution >= 4 is 23.3 Å². The smallest absolute Gasteiger partial charge is 0.326 e. The first-order valence-electron chi connectivity index (χ1n) is 6.94. The van der Waals surface area contributed by atoms with Crippen LogP contribution in [0, 0.1) is 12.3 Å². The fourth-order valence-corrected chi connectivity index (χ4v) is 3.01. The molecule has 0 bridgehead atoms. The van der Waals surface area contributed by atoms with E-state index in [0.717, 1.165) is 6.42 Å². The summed E-state index contributed by atoms with van der Waals surface area (Å²) in [7, 11) is 0. The Hall–Kier alpha value is -1.56. The van der Waals surface area contributed by atoms with E-state index >= 15 is 0 Å². The van der Waals surface area contributed by atoms with Crippen molar-refractivity contribution < 1.29 is 14.7 Å². The second-order valence-corrected chi connectivity index (χ2v) is 7.75. The van der Waals surface area contributed by atoms with E-state index in [-0.39, 0.29) is 6.04 Å². The lowest BCUT2D eigenvalue weighted by molar-refractivity contribution is -0.141. The average molecular weight is 312 g/mol. The Balaban J connectivity index is 2.54. The summed E-state index contributed by atoms with van der Waals surface area (Å²) >= 11 is 1.70. The summed E-state index contributed by atoms with van der Waals surface area (Å²) in [5, 5.41) is 14.5. The van der Waals surface area contributed by atoms with Crippen LogP contribution in [0.4, 0.5) is 4.79 Å². The molecule has 0 radical (unpaired) electrons. The molecule has 118 valence electrons. The number of carbonyl (C=O) groups is 2. The van der Waals surface area contributed by atoms with Crippen LogP contribution < -0.4 is 10.6 Å². The summed E-state index contributed by atoms with van der Waals surface area (Å²) in [6, 6.07) is 2.67. The van der Waals surface area contributed by atoms with Crippen LogP contribution in [0.1, 0.15) is 37.4 Å². The van der Waals surface area contributed by atoms with Gasteiger partial charge in [-0.05, 0) is 31.4 Å². The zero-order valence-electron chi connectivity index (χ0n) is 13.2. The van der Waals surface area contributed by atoms with Gasteiger partial charge in [0.1, 0.15) is 6.04 Å². The van der Waals surface area contributed by atoms with Gasteiger partial charge in [0.05, 0.1) is 0 Å². The minimum atomic E-state index is -1.03. The molecule has 1 rings (SSSR count). The molecule has 0 aliphatic carbocycles. The Morgan fingerprint density at radius 2 is 1.90 bits per heavy atom. The largest absolute Gasteiger partial charge is 0.480 e. The van der Waals surface area contributed by atoms with Gasteiger partial charge in [0.15, 0.2) is 0 Å². The minimum absolute atomic E-state index is 0.0579. The number of hydrogen-bond acceptors (Lipinski definition) is 3. The van der Waals surface area contributed by atoms with Gasteiger partial charge in [-0.3, -0.25) is 0 Å². The molecule has 1 aromatic heterocycles. The first-order valence-corrected chi connectivity index (χ1v) is 7.76. The van der Waals surface area contributed by atoms with Crippen molar-refractivity contribution in [3.8, 4) is 0 Å². The summed E-state index contributed by atoms with van der Waals surface area (Å²) in [6.07, 6.45) is 0.735. The Bertz CT molecular complexity index is 505. The van der Waals surface area contributed by atoms with E-state index in [2.05, 4.69) is 10.6 Å². The number of nitrogens with one attached hydrogen (secondary N) is 2. The van der Waals surface area contributed by atoms with E-state index in [1.165, 1.54) is 9.75 Å². The zero-order valence-corrected chi connectivity index (χ0v) is 14.0. The highest BCUT2D eigenvalue weighted by Gasteiger charge is 2.32. The number of urea groups is 1. The lowest BCUT2D eigenvalue weighted by atomic mass is 9.87. The molecular formula is C15H24N2O3S. The topological polar surface area (TPSA) is 78.4 Å². The highest BCUT2D eigenvalue weighted by atomic mass is 32.1. The Labute approximate surface area is 129 Å². The summed E-state index contributed by atoms with van der Waals surface area (Å²) in [4.78, 5) is 25.6. The molecule has 3 N–H and O–H groups in total. The molecular weight excluding hydrogens is 288 g/mol. The van der Waals surface area contributed by atoms with E-state index < -0.39 is 23.5 Å². The third-order valence-corrected chi connectivity index (χ3v) is 4.09. The van der Waals surface area contributed by atoms with E-state index in [4.69, 9.17) is 0 Å². The predicted molar refractivity (Wildman–Crippen MR) is 84.8 cm³/mol. The van der Waals surface area contributed by atoms with E-state index in [1.807, 2.05) is 26.0 Å². The molecule has 0 aliphatic rings. The predicted octanol–water partition coefficient (Wildman–Crippen LogP) is 2.79. The number of hydrogen-bond donors (Lipinski definition) is 3. The standard InChI is InChI=1S/C15H24N2O3S/c1-9(8-11-7-6-10(2)21-11)16-14(20)17-12(13(18)19)15(3,4)5/h6-7,9,12H,8H2,1-5H3,(H,18,19)(H2,16,17,20)/t9?,12-/m0/s1. The van der Waals surface area contributed by atoms with E-state index in [9.17, 15) is 14.7 Å². The fraction of sp³-hybridized carbons (Fsp3) is 0.600. The highest BCUT2D eigenvalue weighted by Crippen LogP contribution is 2.19.